The van der Waals surface area contributed by atoms with Gasteiger partial charge in [0.25, 0.3) is 5.91 Å². The summed E-state index contributed by atoms with van der Waals surface area (Å²) in [6, 6.07) is 0. The lowest BCUT2D eigenvalue weighted by molar-refractivity contribution is -0.146. The lowest BCUT2D eigenvalue weighted by Crippen LogP contribution is -2.54. The van der Waals surface area contributed by atoms with Crippen molar-refractivity contribution in [2.45, 2.75) is 65.0 Å². The predicted molar refractivity (Wildman–Crippen MR) is 91.3 cm³/mol. The number of rotatable bonds is 2. The third-order valence-corrected chi connectivity index (χ3v) is 5.16. The van der Waals surface area contributed by atoms with E-state index in [-0.39, 0.29) is 18.2 Å². The number of aromatic nitrogens is 1. The fourth-order valence-electron chi connectivity index (χ4n) is 3.57. The molecule has 2 saturated heterocycles. The van der Waals surface area contributed by atoms with Crippen LogP contribution in [-0.4, -0.2) is 57.1 Å². The molecule has 2 aliphatic rings. The predicted octanol–water partition coefficient (Wildman–Crippen LogP) is 1.97. The number of hydrogen-bond acceptors (Lipinski definition) is 6. The van der Waals surface area contributed by atoms with Crippen molar-refractivity contribution in [1.29, 1.82) is 0 Å². The molecule has 0 bridgehead atoms. The molecule has 1 aromatic heterocycles. The van der Waals surface area contributed by atoms with Crippen LogP contribution in [0.2, 0.25) is 0 Å². The van der Waals surface area contributed by atoms with Crippen LogP contribution < -0.4 is 0 Å². The molecule has 1 spiro atoms. The molecular formula is C18H25N3O5. The number of carbonyl (C=O) groups is 3. The van der Waals surface area contributed by atoms with E-state index in [0.717, 1.165) is 5.56 Å². The van der Waals surface area contributed by atoms with Crippen molar-refractivity contribution in [3.8, 4) is 0 Å². The van der Waals surface area contributed by atoms with E-state index in [1.165, 1.54) is 4.90 Å². The van der Waals surface area contributed by atoms with Gasteiger partial charge in [0.05, 0.1) is 12.1 Å². The molecule has 1 aromatic rings. The highest BCUT2D eigenvalue weighted by atomic mass is 16.6. The Bertz CT molecular complexity index is 734. The zero-order valence-electron chi connectivity index (χ0n) is 15.9. The largest absolute Gasteiger partial charge is 0.432 e. The van der Waals surface area contributed by atoms with Crippen LogP contribution in [0.5, 0.6) is 0 Å². The zero-order valence-corrected chi connectivity index (χ0v) is 15.9. The minimum Gasteiger partial charge on any atom is -0.432 e. The summed E-state index contributed by atoms with van der Waals surface area (Å²) >= 11 is 0. The van der Waals surface area contributed by atoms with Gasteiger partial charge in [-0.3, -0.25) is 9.59 Å². The minimum atomic E-state index is -1.13. The van der Waals surface area contributed by atoms with Crippen molar-refractivity contribution in [1.82, 2.24) is 15.0 Å². The lowest BCUT2D eigenvalue weighted by atomic mass is 9.89. The topological polar surface area (TPSA) is 93.0 Å². The lowest BCUT2D eigenvalue weighted by Gasteiger charge is -2.36. The summed E-state index contributed by atoms with van der Waals surface area (Å²) in [7, 11) is 0. The molecule has 2 fully saturated rings. The second-order valence-corrected chi connectivity index (χ2v) is 8.03. The summed E-state index contributed by atoms with van der Waals surface area (Å²) in [6.07, 6.45) is 0.253. The van der Waals surface area contributed by atoms with Crippen LogP contribution in [0, 0.1) is 13.8 Å². The molecule has 0 aliphatic carbocycles. The molecule has 0 N–H and O–H groups in total. The summed E-state index contributed by atoms with van der Waals surface area (Å²) in [4.78, 5) is 40.5. The number of ether oxygens (including phenoxy) is 1. The van der Waals surface area contributed by atoms with Crippen LogP contribution >= 0.6 is 0 Å². The Morgan fingerprint density at radius 2 is 1.81 bits per heavy atom. The molecule has 8 nitrogen and oxygen atoms in total. The van der Waals surface area contributed by atoms with Gasteiger partial charge >= 0.3 is 6.09 Å². The van der Waals surface area contributed by atoms with Crippen LogP contribution in [-0.2, 0) is 20.7 Å². The highest BCUT2D eigenvalue weighted by molar-refractivity contribution is 6.03. The summed E-state index contributed by atoms with van der Waals surface area (Å²) in [5.41, 5.74) is -0.249. The maximum absolute atomic E-state index is 12.8. The van der Waals surface area contributed by atoms with Crippen molar-refractivity contribution >= 4 is 17.9 Å². The van der Waals surface area contributed by atoms with Crippen molar-refractivity contribution in [2.75, 3.05) is 13.1 Å². The molecule has 0 atom stereocenters. The van der Waals surface area contributed by atoms with Gasteiger partial charge in [-0.1, -0.05) is 5.16 Å². The Labute approximate surface area is 152 Å². The molecular weight excluding hydrogens is 338 g/mol. The van der Waals surface area contributed by atoms with Crippen molar-refractivity contribution in [2.24, 2.45) is 0 Å². The third-order valence-electron chi connectivity index (χ3n) is 5.16. The van der Waals surface area contributed by atoms with Gasteiger partial charge in [0.2, 0.25) is 5.91 Å². The van der Waals surface area contributed by atoms with Gasteiger partial charge in [-0.05, 0) is 34.6 Å². The van der Waals surface area contributed by atoms with E-state index >= 15 is 0 Å². The zero-order chi connectivity index (χ0) is 19.3. The molecule has 8 heteroatoms. The Morgan fingerprint density at radius 1 is 1.19 bits per heavy atom. The molecule has 142 valence electrons. The second-order valence-electron chi connectivity index (χ2n) is 8.03. The standard InChI is InChI=1S/C18H25N3O5/c1-11-13(12(2)26-19-11)10-14(22)20-8-6-18(7-9-20)15(23)21(16(24)25-18)17(3,4)5/h6-10H2,1-5H3. The number of nitrogens with zero attached hydrogens (tertiary/aromatic N) is 3. The van der Waals surface area contributed by atoms with Crippen LogP contribution in [0.1, 0.15) is 50.6 Å². The molecule has 2 aliphatic heterocycles. The highest BCUT2D eigenvalue weighted by Gasteiger charge is 2.57. The fraction of sp³-hybridized carbons (Fsp3) is 0.667. The quantitative estimate of drug-likeness (QED) is 0.798. The molecule has 3 rings (SSSR count). The number of piperidine rings is 1. The first-order chi connectivity index (χ1) is 12.0. The van der Waals surface area contributed by atoms with Gasteiger partial charge in [-0.2, -0.15) is 0 Å². The highest BCUT2D eigenvalue weighted by Crippen LogP contribution is 2.37. The third kappa shape index (κ3) is 2.97. The van der Waals surface area contributed by atoms with E-state index in [4.69, 9.17) is 9.26 Å². The fourth-order valence-corrected chi connectivity index (χ4v) is 3.57. The molecule has 0 aromatic carbocycles. The van der Waals surface area contributed by atoms with Crippen LogP contribution in [0.15, 0.2) is 4.52 Å². The molecule has 0 unspecified atom stereocenters. The molecule has 0 saturated carbocycles. The summed E-state index contributed by atoms with van der Waals surface area (Å²) < 4.78 is 10.6. The number of likely N-dealkylation sites (tertiary alicyclic amines) is 1. The Hall–Kier alpha value is -2.38. The molecule has 26 heavy (non-hydrogen) atoms. The minimum absolute atomic E-state index is 0.0429. The van der Waals surface area contributed by atoms with Crippen molar-refractivity contribution in [3.05, 3.63) is 17.0 Å². The number of amides is 3. The maximum atomic E-state index is 12.8. The van der Waals surface area contributed by atoms with Gasteiger partial charge in [0, 0.05) is 37.0 Å². The summed E-state index contributed by atoms with van der Waals surface area (Å²) in [5, 5.41) is 3.87. The van der Waals surface area contributed by atoms with Crippen LogP contribution in [0.4, 0.5) is 4.79 Å². The van der Waals surface area contributed by atoms with Crippen molar-refractivity contribution in [3.63, 3.8) is 0 Å². The SMILES string of the molecule is Cc1noc(C)c1CC(=O)N1CCC2(CC1)OC(=O)N(C(C)(C)C)C2=O. The van der Waals surface area contributed by atoms with E-state index in [0.29, 0.717) is 37.4 Å². The van der Waals surface area contributed by atoms with E-state index in [1.54, 1.807) is 32.6 Å². The average Bonchev–Trinajstić information content (AvgIpc) is 2.98. The van der Waals surface area contributed by atoms with Gasteiger partial charge in [0.15, 0.2) is 5.60 Å². The Kier molecular flexibility index (Phi) is 4.32. The summed E-state index contributed by atoms with van der Waals surface area (Å²) in [5.74, 6) is 0.302. The van der Waals surface area contributed by atoms with E-state index in [1.807, 2.05) is 6.92 Å². The van der Waals surface area contributed by atoms with Gasteiger partial charge in [-0.15, -0.1) is 0 Å². The van der Waals surface area contributed by atoms with Crippen LogP contribution in [0.25, 0.3) is 0 Å². The molecule has 0 radical (unpaired) electrons. The number of aryl methyl sites for hydroxylation is 2. The monoisotopic (exact) mass is 363 g/mol. The molecule has 3 heterocycles. The maximum Gasteiger partial charge on any atom is 0.418 e. The van der Waals surface area contributed by atoms with Gasteiger partial charge in [0.1, 0.15) is 5.76 Å². The first kappa shape index (κ1) is 18.4. The van der Waals surface area contributed by atoms with Crippen molar-refractivity contribution < 1.29 is 23.6 Å². The number of carbonyl (C=O) groups excluding carboxylic acids is 3. The second kappa shape index (κ2) is 6.10. The summed E-state index contributed by atoms with van der Waals surface area (Å²) in [6.45, 7) is 9.74. The first-order valence-electron chi connectivity index (χ1n) is 8.82. The van der Waals surface area contributed by atoms with E-state index < -0.39 is 17.2 Å². The Balaban J connectivity index is 1.67. The first-order valence-corrected chi connectivity index (χ1v) is 8.82. The number of imide groups is 1. The van der Waals surface area contributed by atoms with Gasteiger partial charge < -0.3 is 14.2 Å². The van der Waals surface area contributed by atoms with E-state index in [9.17, 15) is 14.4 Å². The van der Waals surface area contributed by atoms with E-state index in [2.05, 4.69) is 5.16 Å². The van der Waals surface area contributed by atoms with Gasteiger partial charge in [-0.25, -0.2) is 9.69 Å². The smallest absolute Gasteiger partial charge is 0.418 e. The normalized spacial score (nSPS) is 20.0. The average molecular weight is 363 g/mol. The van der Waals surface area contributed by atoms with Crippen LogP contribution in [0.3, 0.4) is 0 Å². The number of hydrogen-bond donors (Lipinski definition) is 0. The Morgan fingerprint density at radius 3 is 2.27 bits per heavy atom. The molecule has 3 amide bonds.